The van der Waals surface area contributed by atoms with Gasteiger partial charge in [-0.15, -0.1) is 10.2 Å². The maximum Gasteiger partial charge on any atom is 0.196 e. The van der Waals surface area contributed by atoms with E-state index in [0.29, 0.717) is 12.1 Å². The Kier molecular flexibility index (Phi) is 2.93. The van der Waals surface area contributed by atoms with Gasteiger partial charge in [-0.2, -0.15) is 9.61 Å². The first-order valence-corrected chi connectivity index (χ1v) is 7.02. The third-order valence-corrected chi connectivity index (χ3v) is 3.70. The molecule has 2 aromatic carbocycles. The second-order valence-electron chi connectivity index (χ2n) is 5.12. The number of phenols is 1. The Morgan fingerprint density at radius 1 is 1.05 bits per heavy atom. The van der Waals surface area contributed by atoms with Gasteiger partial charge in [-0.05, 0) is 34.9 Å². The van der Waals surface area contributed by atoms with Gasteiger partial charge in [-0.3, -0.25) is 0 Å². The molecule has 0 bridgehead atoms. The molecule has 0 aliphatic rings. The van der Waals surface area contributed by atoms with E-state index in [9.17, 15) is 5.11 Å². The van der Waals surface area contributed by atoms with Gasteiger partial charge in [0.15, 0.2) is 11.5 Å². The van der Waals surface area contributed by atoms with Crippen molar-refractivity contribution in [2.45, 2.75) is 12.8 Å². The fourth-order valence-electron chi connectivity index (χ4n) is 2.70. The Morgan fingerprint density at radius 2 is 1.95 bits per heavy atom. The van der Waals surface area contributed by atoms with Gasteiger partial charge in [0, 0.05) is 6.42 Å². The molecular formula is C16H13N5O. The number of aromatic nitrogens is 5. The van der Waals surface area contributed by atoms with Crippen LogP contribution >= 0.6 is 0 Å². The Morgan fingerprint density at radius 3 is 2.91 bits per heavy atom. The second-order valence-corrected chi connectivity index (χ2v) is 5.12. The molecule has 4 rings (SSSR count). The topological polar surface area (TPSA) is 76.2 Å². The maximum atomic E-state index is 9.89. The van der Waals surface area contributed by atoms with Crippen LogP contribution in [-0.4, -0.2) is 29.9 Å². The van der Waals surface area contributed by atoms with E-state index in [1.807, 2.05) is 18.2 Å². The average molecular weight is 291 g/mol. The molecule has 0 spiro atoms. The van der Waals surface area contributed by atoms with Gasteiger partial charge in [0.1, 0.15) is 12.1 Å². The Labute approximate surface area is 126 Å². The molecule has 0 aliphatic heterocycles. The molecule has 2 heterocycles. The number of phenolic OH excluding ortho intramolecular Hbond substituents is 1. The number of rotatable bonds is 3. The summed E-state index contributed by atoms with van der Waals surface area (Å²) in [5.41, 5.74) is 1.72. The van der Waals surface area contributed by atoms with E-state index in [-0.39, 0.29) is 5.75 Å². The van der Waals surface area contributed by atoms with Crippen LogP contribution in [0.15, 0.2) is 48.9 Å². The van der Waals surface area contributed by atoms with Crippen LogP contribution in [-0.2, 0) is 12.8 Å². The van der Waals surface area contributed by atoms with Gasteiger partial charge in [0.05, 0.1) is 6.20 Å². The van der Waals surface area contributed by atoms with Gasteiger partial charge in [-0.25, -0.2) is 4.98 Å². The highest BCUT2D eigenvalue weighted by molar-refractivity contribution is 5.87. The normalized spacial score (nSPS) is 11.3. The quantitative estimate of drug-likeness (QED) is 0.626. The summed E-state index contributed by atoms with van der Waals surface area (Å²) < 4.78 is 1.69. The van der Waals surface area contributed by atoms with Crippen LogP contribution < -0.4 is 0 Å². The van der Waals surface area contributed by atoms with Crippen molar-refractivity contribution in [1.29, 1.82) is 0 Å². The molecule has 0 fully saturated rings. The van der Waals surface area contributed by atoms with Crippen molar-refractivity contribution < 1.29 is 5.11 Å². The molecular weight excluding hydrogens is 278 g/mol. The number of nitrogens with zero attached hydrogens (tertiary/aromatic N) is 5. The molecule has 2 aromatic heterocycles. The molecule has 0 atom stereocenters. The molecule has 0 aliphatic carbocycles. The van der Waals surface area contributed by atoms with Crippen LogP contribution in [0.3, 0.4) is 0 Å². The number of benzene rings is 2. The van der Waals surface area contributed by atoms with Crippen molar-refractivity contribution >= 4 is 16.4 Å². The average Bonchev–Trinajstić information content (AvgIpc) is 2.96. The smallest absolute Gasteiger partial charge is 0.196 e. The first-order valence-electron chi connectivity index (χ1n) is 7.02. The van der Waals surface area contributed by atoms with Gasteiger partial charge in [0.25, 0.3) is 0 Å². The predicted molar refractivity (Wildman–Crippen MR) is 81.6 cm³/mol. The largest absolute Gasteiger partial charge is 0.508 e. The Hall–Kier alpha value is -3.02. The summed E-state index contributed by atoms with van der Waals surface area (Å²) in [6.07, 6.45) is 4.54. The van der Waals surface area contributed by atoms with Crippen LogP contribution in [0.25, 0.3) is 16.4 Å². The number of hydrogen-bond acceptors (Lipinski definition) is 5. The van der Waals surface area contributed by atoms with Crippen LogP contribution in [0.4, 0.5) is 0 Å². The first kappa shape index (κ1) is 12.7. The van der Waals surface area contributed by atoms with E-state index in [4.69, 9.17) is 0 Å². The van der Waals surface area contributed by atoms with Crippen molar-refractivity contribution in [2.24, 2.45) is 0 Å². The van der Waals surface area contributed by atoms with Crippen molar-refractivity contribution in [3.8, 4) is 5.75 Å². The Bertz CT molecular complexity index is 963. The molecule has 0 saturated carbocycles. The van der Waals surface area contributed by atoms with Gasteiger partial charge in [0.2, 0.25) is 0 Å². The lowest BCUT2D eigenvalue weighted by atomic mass is 10.0. The summed E-state index contributed by atoms with van der Waals surface area (Å²) >= 11 is 0. The summed E-state index contributed by atoms with van der Waals surface area (Å²) in [7, 11) is 0. The molecule has 6 nitrogen and oxygen atoms in total. The van der Waals surface area contributed by atoms with Crippen LogP contribution in [0.5, 0.6) is 5.75 Å². The fourth-order valence-corrected chi connectivity index (χ4v) is 2.70. The summed E-state index contributed by atoms with van der Waals surface area (Å²) in [5.74, 6) is 1.06. The summed E-state index contributed by atoms with van der Waals surface area (Å²) in [6.45, 7) is 0. The lowest BCUT2D eigenvalue weighted by molar-refractivity contribution is 0.475. The molecule has 108 valence electrons. The van der Waals surface area contributed by atoms with Crippen LogP contribution in [0, 0.1) is 0 Å². The minimum atomic E-state index is 0.280. The standard InChI is InChI=1S/C16H13N5O/c22-13-7-11-3-1-2-4-14(11)12(8-13)5-6-15-19-20-16-9-17-10-18-21(15)16/h1-4,7-10,22H,5-6H2. The van der Waals surface area contributed by atoms with Crippen LogP contribution in [0.2, 0.25) is 0 Å². The second kappa shape index (κ2) is 5.07. The Balaban J connectivity index is 1.69. The third-order valence-electron chi connectivity index (χ3n) is 3.70. The monoisotopic (exact) mass is 291 g/mol. The highest BCUT2D eigenvalue weighted by Gasteiger charge is 2.09. The minimum absolute atomic E-state index is 0.280. The lowest BCUT2D eigenvalue weighted by Crippen LogP contribution is -2.01. The first-order chi connectivity index (χ1) is 10.8. The van der Waals surface area contributed by atoms with Crippen molar-refractivity contribution in [3.05, 3.63) is 60.3 Å². The molecule has 0 unspecified atom stereocenters. The number of aryl methyl sites for hydroxylation is 2. The van der Waals surface area contributed by atoms with E-state index >= 15 is 0 Å². The third kappa shape index (κ3) is 2.14. The zero-order chi connectivity index (χ0) is 14.9. The fraction of sp³-hybridized carbons (Fsp3) is 0.125. The van der Waals surface area contributed by atoms with Crippen molar-refractivity contribution in [3.63, 3.8) is 0 Å². The summed E-state index contributed by atoms with van der Waals surface area (Å²) in [5, 5.41) is 24.4. The van der Waals surface area contributed by atoms with Crippen molar-refractivity contribution in [2.75, 3.05) is 0 Å². The number of aromatic hydroxyl groups is 1. The molecule has 6 heteroatoms. The summed E-state index contributed by atoms with van der Waals surface area (Å²) in [4.78, 5) is 3.93. The highest BCUT2D eigenvalue weighted by atomic mass is 16.3. The molecule has 0 radical (unpaired) electrons. The van der Waals surface area contributed by atoms with E-state index in [2.05, 4.69) is 26.3 Å². The molecule has 0 amide bonds. The van der Waals surface area contributed by atoms with Crippen molar-refractivity contribution in [1.82, 2.24) is 24.8 Å². The molecule has 0 saturated heterocycles. The van der Waals surface area contributed by atoms with E-state index in [1.165, 1.54) is 6.33 Å². The SMILES string of the molecule is Oc1cc(CCc2nnc3cncnn23)c2ccccc2c1. The summed E-state index contributed by atoms with van der Waals surface area (Å²) in [6, 6.07) is 11.6. The van der Waals surface area contributed by atoms with Gasteiger partial charge in [-0.1, -0.05) is 24.3 Å². The highest BCUT2D eigenvalue weighted by Crippen LogP contribution is 2.25. The van der Waals surface area contributed by atoms with Gasteiger partial charge < -0.3 is 5.11 Å². The predicted octanol–water partition coefficient (Wildman–Crippen LogP) is 2.16. The van der Waals surface area contributed by atoms with Gasteiger partial charge >= 0.3 is 0 Å². The molecule has 4 aromatic rings. The van der Waals surface area contributed by atoms with E-state index in [1.54, 1.807) is 22.8 Å². The molecule has 22 heavy (non-hydrogen) atoms. The van der Waals surface area contributed by atoms with E-state index < -0.39 is 0 Å². The zero-order valence-electron chi connectivity index (χ0n) is 11.7. The molecule has 1 N–H and O–H groups in total. The number of fused-ring (bicyclic) bond motifs is 2. The minimum Gasteiger partial charge on any atom is -0.508 e. The maximum absolute atomic E-state index is 9.89. The number of hydrogen-bond donors (Lipinski definition) is 1. The lowest BCUT2D eigenvalue weighted by Gasteiger charge is -2.07. The van der Waals surface area contributed by atoms with Crippen LogP contribution in [0.1, 0.15) is 11.4 Å². The zero-order valence-corrected chi connectivity index (χ0v) is 11.7. The van der Waals surface area contributed by atoms with E-state index in [0.717, 1.165) is 28.6 Å².